The van der Waals surface area contributed by atoms with E-state index in [2.05, 4.69) is 15.5 Å². The molecule has 0 fully saturated rings. The summed E-state index contributed by atoms with van der Waals surface area (Å²) >= 11 is 0. The van der Waals surface area contributed by atoms with Gasteiger partial charge >= 0.3 is 0 Å². The molecule has 0 aliphatic heterocycles. The Morgan fingerprint density at radius 1 is 1.29 bits per heavy atom. The van der Waals surface area contributed by atoms with Gasteiger partial charge in [0.1, 0.15) is 5.82 Å². The van der Waals surface area contributed by atoms with Gasteiger partial charge in [-0.15, -0.1) is 5.10 Å². The van der Waals surface area contributed by atoms with Crippen LogP contribution in [0.2, 0.25) is 0 Å². The lowest BCUT2D eigenvalue weighted by atomic mass is 10.1. The smallest absolute Gasteiger partial charge is 0.185 e. The number of hydrogen-bond acceptors (Lipinski definition) is 4. The normalized spacial score (nSPS) is 11.8. The monoisotopic (exact) mass is 235 g/mol. The van der Waals surface area contributed by atoms with E-state index in [1.807, 2.05) is 20.8 Å². The Bertz CT molecular complexity index is 541. The summed E-state index contributed by atoms with van der Waals surface area (Å²) in [4.78, 5) is 0. The highest BCUT2D eigenvalue weighted by molar-refractivity contribution is 5.61. The maximum Gasteiger partial charge on any atom is 0.185 e. The van der Waals surface area contributed by atoms with Gasteiger partial charge in [-0.2, -0.15) is 0 Å². The predicted molar refractivity (Wildman–Crippen MR) is 62.6 cm³/mol. The second-order valence-electron chi connectivity index (χ2n) is 4.82. The van der Waals surface area contributed by atoms with E-state index in [4.69, 9.17) is 5.73 Å². The Morgan fingerprint density at radius 2 is 2.00 bits per heavy atom. The molecule has 0 aliphatic carbocycles. The molecule has 2 aromatic rings. The molecule has 0 amide bonds. The summed E-state index contributed by atoms with van der Waals surface area (Å²) in [5.41, 5.74) is 6.11. The van der Waals surface area contributed by atoms with Crippen LogP contribution in [0.5, 0.6) is 0 Å². The first-order chi connectivity index (χ1) is 7.89. The van der Waals surface area contributed by atoms with Gasteiger partial charge in [0, 0.05) is 5.69 Å². The molecule has 5 nitrogen and oxygen atoms in total. The summed E-state index contributed by atoms with van der Waals surface area (Å²) in [7, 11) is 0. The van der Waals surface area contributed by atoms with Crippen molar-refractivity contribution in [1.82, 2.24) is 20.2 Å². The number of nitrogen functional groups attached to an aromatic ring is 1. The van der Waals surface area contributed by atoms with Gasteiger partial charge < -0.3 is 5.73 Å². The summed E-state index contributed by atoms with van der Waals surface area (Å²) in [6.07, 6.45) is 0. The third-order valence-corrected chi connectivity index (χ3v) is 2.34. The largest absolute Gasteiger partial charge is 0.399 e. The number of aromatic nitrogens is 4. The molecule has 0 bridgehead atoms. The molecule has 1 aromatic carbocycles. The van der Waals surface area contributed by atoms with Gasteiger partial charge in [-0.05, 0) is 49.4 Å². The van der Waals surface area contributed by atoms with Crippen molar-refractivity contribution in [3.05, 3.63) is 24.0 Å². The van der Waals surface area contributed by atoms with E-state index in [0.717, 1.165) is 0 Å². The molecule has 0 atom stereocenters. The number of anilines is 1. The van der Waals surface area contributed by atoms with E-state index < -0.39 is 0 Å². The predicted octanol–water partition coefficient (Wildman–Crippen LogP) is 1.82. The highest BCUT2D eigenvalue weighted by Gasteiger charge is 2.22. The fourth-order valence-corrected chi connectivity index (χ4v) is 1.52. The van der Waals surface area contributed by atoms with Crippen molar-refractivity contribution in [1.29, 1.82) is 0 Å². The average Bonchev–Trinajstić information content (AvgIpc) is 2.69. The maximum absolute atomic E-state index is 13.7. The van der Waals surface area contributed by atoms with Gasteiger partial charge in [0.15, 0.2) is 5.82 Å². The van der Waals surface area contributed by atoms with Gasteiger partial charge in [0.25, 0.3) is 0 Å². The molecule has 0 spiro atoms. The molecule has 0 radical (unpaired) electrons. The SMILES string of the molecule is CC(C)(C)n1nnnc1-c1cc(N)ccc1F. The number of hydrogen-bond donors (Lipinski definition) is 1. The molecular weight excluding hydrogens is 221 g/mol. The van der Waals surface area contributed by atoms with E-state index in [9.17, 15) is 4.39 Å². The molecule has 2 N–H and O–H groups in total. The molecule has 17 heavy (non-hydrogen) atoms. The van der Waals surface area contributed by atoms with Gasteiger partial charge in [0.05, 0.1) is 11.1 Å². The van der Waals surface area contributed by atoms with Crippen LogP contribution in [-0.2, 0) is 5.54 Å². The summed E-state index contributed by atoms with van der Waals surface area (Å²) < 4.78 is 15.3. The van der Waals surface area contributed by atoms with Crippen LogP contribution in [0.4, 0.5) is 10.1 Å². The molecule has 90 valence electrons. The van der Waals surface area contributed by atoms with Crippen molar-refractivity contribution in [3.8, 4) is 11.4 Å². The van der Waals surface area contributed by atoms with Gasteiger partial charge in [0.2, 0.25) is 0 Å². The third-order valence-electron chi connectivity index (χ3n) is 2.34. The number of halogens is 1. The standard InChI is InChI=1S/C11H14FN5/c1-11(2,3)17-10(14-15-16-17)8-6-7(13)4-5-9(8)12/h4-6H,13H2,1-3H3. The minimum Gasteiger partial charge on any atom is -0.399 e. The first-order valence-electron chi connectivity index (χ1n) is 5.24. The highest BCUT2D eigenvalue weighted by atomic mass is 19.1. The summed E-state index contributed by atoms with van der Waals surface area (Å²) in [6.45, 7) is 5.82. The van der Waals surface area contributed by atoms with Crippen LogP contribution in [0.1, 0.15) is 20.8 Å². The zero-order valence-electron chi connectivity index (χ0n) is 9.98. The summed E-state index contributed by atoms with van der Waals surface area (Å²) in [5.74, 6) is -0.0122. The van der Waals surface area contributed by atoms with Crippen molar-refractivity contribution < 1.29 is 4.39 Å². The summed E-state index contributed by atoms with van der Waals surface area (Å²) in [6, 6.07) is 4.35. The Hall–Kier alpha value is -1.98. The van der Waals surface area contributed by atoms with Crippen molar-refractivity contribution in [3.63, 3.8) is 0 Å². The molecular formula is C11H14FN5. The van der Waals surface area contributed by atoms with Crippen LogP contribution in [0.3, 0.4) is 0 Å². The number of tetrazole rings is 1. The maximum atomic E-state index is 13.7. The van der Waals surface area contributed by atoms with E-state index >= 15 is 0 Å². The van der Waals surface area contributed by atoms with Gasteiger partial charge in [-0.3, -0.25) is 0 Å². The lowest BCUT2D eigenvalue weighted by Gasteiger charge is -2.20. The van der Waals surface area contributed by atoms with Crippen LogP contribution >= 0.6 is 0 Å². The van der Waals surface area contributed by atoms with Crippen molar-refractivity contribution in [2.45, 2.75) is 26.3 Å². The van der Waals surface area contributed by atoms with Crippen LogP contribution < -0.4 is 5.73 Å². The van der Waals surface area contributed by atoms with Gasteiger partial charge in [-0.1, -0.05) is 0 Å². The fraction of sp³-hybridized carbons (Fsp3) is 0.364. The molecule has 1 heterocycles. The van der Waals surface area contributed by atoms with Crippen LogP contribution in [0, 0.1) is 5.82 Å². The number of benzene rings is 1. The van der Waals surface area contributed by atoms with Crippen LogP contribution in [-0.4, -0.2) is 20.2 Å². The molecule has 6 heteroatoms. The van der Waals surface area contributed by atoms with Crippen LogP contribution in [0.25, 0.3) is 11.4 Å². The average molecular weight is 235 g/mol. The zero-order valence-corrected chi connectivity index (χ0v) is 9.98. The van der Waals surface area contributed by atoms with Crippen molar-refractivity contribution in [2.75, 3.05) is 5.73 Å². The topological polar surface area (TPSA) is 69.6 Å². The lowest BCUT2D eigenvalue weighted by Crippen LogP contribution is -2.24. The van der Waals surface area contributed by atoms with E-state index in [-0.39, 0.29) is 11.4 Å². The van der Waals surface area contributed by atoms with Crippen LogP contribution in [0.15, 0.2) is 18.2 Å². The Labute approximate surface area is 98.4 Å². The minimum atomic E-state index is -0.389. The van der Waals surface area contributed by atoms with Crippen molar-refractivity contribution >= 4 is 5.69 Å². The quantitative estimate of drug-likeness (QED) is 0.765. The second-order valence-corrected chi connectivity index (χ2v) is 4.82. The molecule has 0 saturated heterocycles. The molecule has 2 rings (SSSR count). The molecule has 0 saturated carbocycles. The van der Waals surface area contributed by atoms with E-state index in [0.29, 0.717) is 17.1 Å². The molecule has 0 unspecified atom stereocenters. The first-order valence-corrected chi connectivity index (χ1v) is 5.24. The highest BCUT2D eigenvalue weighted by Crippen LogP contribution is 2.26. The zero-order chi connectivity index (χ0) is 12.6. The van der Waals surface area contributed by atoms with Crippen molar-refractivity contribution in [2.24, 2.45) is 0 Å². The van der Waals surface area contributed by atoms with E-state index in [1.165, 1.54) is 18.2 Å². The fourth-order valence-electron chi connectivity index (χ4n) is 1.52. The van der Waals surface area contributed by atoms with Gasteiger partial charge in [-0.25, -0.2) is 9.07 Å². The first kappa shape index (κ1) is 11.5. The third kappa shape index (κ3) is 2.11. The number of nitrogens with two attached hydrogens (primary N) is 1. The second kappa shape index (κ2) is 3.80. The summed E-state index contributed by atoms with van der Waals surface area (Å²) in [5, 5.41) is 11.3. The Kier molecular flexibility index (Phi) is 2.57. The Morgan fingerprint density at radius 3 is 2.65 bits per heavy atom. The lowest BCUT2D eigenvalue weighted by molar-refractivity contribution is 0.350. The number of nitrogens with zero attached hydrogens (tertiary/aromatic N) is 4. The van der Waals surface area contributed by atoms with E-state index in [1.54, 1.807) is 4.68 Å². The molecule has 1 aromatic heterocycles. The molecule has 0 aliphatic rings. The minimum absolute atomic E-state index is 0.310. The number of rotatable bonds is 1. The Balaban J connectivity index is 2.61.